The van der Waals surface area contributed by atoms with E-state index in [0.29, 0.717) is 6.54 Å². The van der Waals surface area contributed by atoms with Gasteiger partial charge in [-0.3, -0.25) is 4.90 Å². The van der Waals surface area contributed by atoms with E-state index >= 15 is 0 Å². The smallest absolute Gasteiger partial charge is 0.134 e. The zero-order chi connectivity index (χ0) is 12.4. The molecule has 96 valence electrons. The number of hydrogen-bond donors (Lipinski definition) is 1. The fourth-order valence-corrected chi connectivity index (χ4v) is 2.74. The van der Waals surface area contributed by atoms with Gasteiger partial charge in [0, 0.05) is 24.0 Å². The number of nitrogens with zero attached hydrogens (tertiary/aromatic N) is 1. The van der Waals surface area contributed by atoms with Crippen LogP contribution in [0.2, 0.25) is 0 Å². The molecule has 3 nitrogen and oxygen atoms in total. The molecule has 0 saturated carbocycles. The molecule has 3 heteroatoms. The summed E-state index contributed by atoms with van der Waals surface area (Å²) in [6.07, 6.45) is 5.93. The summed E-state index contributed by atoms with van der Waals surface area (Å²) in [5.41, 5.74) is 9.04. The summed E-state index contributed by atoms with van der Waals surface area (Å²) in [6.45, 7) is 4.01. The van der Waals surface area contributed by atoms with Gasteiger partial charge >= 0.3 is 0 Å². The van der Waals surface area contributed by atoms with Gasteiger partial charge in [-0.1, -0.05) is 18.6 Å². The Hall–Kier alpha value is -1.32. The van der Waals surface area contributed by atoms with E-state index in [-0.39, 0.29) is 0 Å². The van der Waals surface area contributed by atoms with Crippen LogP contribution in [0, 0.1) is 0 Å². The molecule has 1 aromatic heterocycles. The van der Waals surface area contributed by atoms with E-state index in [0.717, 1.165) is 17.7 Å². The largest absolute Gasteiger partial charge is 0.464 e. The van der Waals surface area contributed by atoms with Crippen molar-refractivity contribution in [1.82, 2.24) is 4.90 Å². The lowest BCUT2D eigenvalue weighted by molar-refractivity contribution is 0.221. The maximum absolute atomic E-state index is 5.65. The first-order valence-electron chi connectivity index (χ1n) is 6.78. The summed E-state index contributed by atoms with van der Waals surface area (Å²) in [4.78, 5) is 2.52. The predicted octanol–water partition coefficient (Wildman–Crippen LogP) is 2.88. The van der Waals surface area contributed by atoms with Crippen LogP contribution >= 0.6 is 0 Å². The molecule has 0 spiro atoms. The van der Waals surface area contributed by atoms with E-state index in [9.17, 15) is 0 Å². The van der Waals surface area contributed by atoms with Gasteiger partial charge in [-0.15, -0.1) is 0 Å². The molecule has 1 aromatic carbocycles. The van der Waals surface area contributed by atoms with Crippen molar-refractivity contribution in [2.45, 2.75) is 32.4 Å². The number of piperidine rings is 1. The molecule has 0 aliphatic carbocycles. The van der Waals surface area contributed by atoms with E-state index in [4.69, 9.17) is 10.2 Å². The Morgan fingerprint density at radius 2 is 2.00 bits per heavy atom. The maximum atomic E-state index is 5.65. The monoisotopic (exact) mass is 244 g/mol. The van der Waals surface area contributed by atoms with Gasteiger partial charge < -0.3 is 10.2 Å². The fraction of sp³-hybridized carbons (Fsp3) is 0.467. The molecule has 2 heterocycles. The van der Waals surface area contributed by atoms with E-state index in [2.05, 4.69) is 23.1 Å². The predicted molar refractivity (Wildman–Crippen MR) is 73.2 cm³/mol. The number of nitrogens with two attached hydrogens (primary N) is 1. The van der Waals surface area contributed by atoms with Gasteiger partial charge in [0.05, 0.1) is 6.26 Å². The molecule has 18 heavy (non-hydrogen) atoms. The van der Waals surface area contributed by atoms with Gasteiger partial charge in [-0.05, 0) is 37.6 Å². The molecule has 0 bridgehead atoms. The highest BCUT2D eigenvalue weighted by Gasteiger charge is 2.13. The second-order valence-electron chi connectivity index (χ2n) is 5.13. The van der Waals surface area contributed by atoms with E-state index < -0.39 is 0 Å². The van der Waals surface area contributed by atoms with Crippen molar-refractivity contribution in [2.24, 2.45) is 5.73 Å². The minimum atomic E-state index is 0.568. The Labute approximate surface area is 108 Å². The van der Waals surface area contributed by atoms with Crippen molar-refractivity contribution >= 4 is 11.0 Å². The van der Waals surface area contributed by atoms with Crippen LogP contribution in [0.1, 0.15) is 30.4 Å². The fourth-order valence-electron chi connectivity index (χ4n) is 2.74. The first-order valence-corrected chi connectivity index (χ1v) is 6.78. The second kappa shape index (κ2) is 5.12. The SMILES string of the molecule is NCc1ccc2c(CN3CCCCC3)coc2c1. The lowest BCUT2D eigenvalue weighted by atomic mass is 10.1. The zero-order valence-electron chi connectivity index (χ0n) is 10.7. The van der Waals surface area contributed by atoms with Crippen molar-refractivity contribution in [3.05, 3.63) is 35.6 Å². The molecule has 0 atom stereocenters. The number of benzene rings is 1. The zero-order valence-corrected chi connectivity index (χ0v) is 10.7. The number of rotatable bonds is 3. The third-order valence-electron chi connectivity index (χ3n) is 3.80. The summed E-state index contributed by atoms with van der Waals surface area (Å²) in [5, 5.41) is 1.23. The molecule has 2 N–H and O–H groups in total. The quantitative estimate of drug-likeness (QED) is 0.902. The van der Waals surface area contributed by atoms with Crippen LogP contribution in [0.25, 0.3) is 11.0 Å². The van der Waals surface area contributed by atoms with Crippen LogP contribution in [-0.2, 0) is 13.1 Å². The highest BCUT2D eigenvalue weighted by atomic mass is 16.3. The summed E-state index contributed by atoms with van der Waals surface area (Å²) in [7, 11) is 0. The highest BCUT2D eigenvalue weighted by molar-refractivity contribution is 5.81. The number of hydrogen-bond acceptors (Lipinski definition) is 3. The molecule has 0 amide bonds. The third-order valence-corrected chi connectivity index (χ3v) is 3.80. The van der Waals surface area contributed by atoms with Crippen molar-refractivity contribution in [2.75, 3.05) is 13.1 Å². The van der Waals surface area contributed by atoms with Crippen LogP contribution in [0.15, 0.2) is 28.9 Å². The minimum absolute atomic E-state index is 0.568. The molecule has 0 unspecified atom stereocenters. The van der Waals surface area contributed by atoms with Gasteiger partial charge in [-0.25, -0.2) is 0 Å². The van der Waals surface area contributed by atoms with Crippen molar-refractivity contribution in [1.29, 1.82) is 0 Å². The molecule has 3 rings (SSSR count). The second-order valence-corrected chi connectivity index (χ2v) is 5.13. The van der Waals surface area contributed by atoms with E-state index in [1.54, 1.807) is 0 Å². The van der Waals surface area contributed by atoms with Crippen LogP contribution in [0.3, 0.4) is 0 Å². The van der Waals surface area contributed by atoms with Crippen LogP contribution in [-0.4, -0.2) is 18.0 Å². The van der Waals surface area contributed by atoms with Crippen LogP contribution in [0.4, 0.5) is 0 Å². The Morgan fingerprint density at radius 1 is 1.17 bits per heavy atom. The molecule has 1 fully saturated rings. The number of fused-ring (bicyclic) bond motifs is 1. The first kappa shape index (κ1) is 11.8. The van der Waals surface area contributed by atoms with E-state index in [1.807, 2.05) is 6.26 Å². The molecular weight excluding hydrogens is 224 g/mol. The first-order chi connectivity index (χ1) is 8.86. The minimum Gasteiger partial charge on any atom is -0.464 e. The van der Waals surface area contributed by atoms with Gasteiger partial charge in [-0.2, -0.15) is 0 Å². The topological polar surface area (TPSA) is 42.4 Å². The summed E-state index contributed by atoms with van der Waals surface area (Å²) < 4.78 is 5.65. The highest BCUT2D eigenvalue weighted by Crippen LogP contribution is 2.24. The summed E-state index contributed by atoms with van der Waals surface area (Å²) in [5.74, 6) is 0. The van der Waals surface area contributed by atoms with Crippen LogP contribution < -0.4 is 5.73 Å². The Bertz CT molecular complexity index is 526. The molecule has 1 aliphatic rings. The normalized spacial score (nSPS) is 17.4. The van der Waals surface area contributed by atoms with Crippen molar-refractivity contribution in [3.63, 3.8) is 0 Å². The van der Waals surface area contributed by atoms with Gasteiger partial charge in [0.25, 0.3) is 0 Å². The summed E-state index contributed by atoms with van der Waals surface area (Å²) in [6, 6.07) is 6.28. The van der Waals surface area contributed by atoms with Gasteiger partial charge in [0.15, 0.2) is 0 Å². The number of likely N-dealkylation sites (tertiary alicyclic amines) is 1. The molecule has 0 radical (unpaired) electrons. The summed E-state index contributed by atoms with van der Waals surface area (Å²) >= 11 is 0. The lowest BCUT2D eigenvalue weighted by Gasteiger charge is -2.25. The Morgan fingerprint density at radius 3 is 2.78 bits per heavy atom. The number of furan rings is 1. The van der Waals surface area contributed by atoms with E-state index in [1.165, 1.54) is 43.3 Å². The lowest BCUT2D eigenvalue weighted by Crippen LogP contribution is -2.28. The molecule has 2 aromatic rings. The Balaban J connectivity index is 1.83. The molecule has 1 aliphatic heterocycles. The van der Waals surface area contributed by atoms with Crippen LogP contribution in [0.5, 0.6) is 0 Å². The van der Waals surface area contributed by atoms with Gasteiger partial charge in [0.2, 0.25) is 0 Å². The molecule has 1 saturated heterocycles. The standard InChI is InChI=1S/C15H20N2O/c16-9-12-4-5-14-13(11-18-15(14)8-12)10-17-6-2-1-3-7-17/h4-5,8,11H,1-3,6-7,9-10,16H2. The molecular formula is C15H20N2O. The average Bonchev–Trinajstić information content (AvgIpc) is 2.82. The third kappa shape index (κ3) is 2.28. The Kier molecular flexibility index (Phi) is 3.35. The van der Waals surface area contributed by atoms with Crippen molar-refractivity contribution in [3.8, 4) is 0 Å². The van der Waals surface area contributed by atoms with Gasteiger partial charge in [0.1, 0.15) is 5.58 Å². The maximum Gasteiger partial charge on any atom is 0.134 e. The average molecular weight is 244 g/mol. The van der Waals surface area contributed by atoms with Crippen molar-refractivity contribution < 1.29 is 4.42 Å².